The van der Waals surface area contributed by atoms with Crippen LogP contribution in [0.25, 0.3) is 0 Å². The predicted molar refractivity (Wildman–Crippen MR) is 101 cm³/mol. The summed E-state index contributed by atoms with van der Waals surface area (Å²) in [7, 11) is 0. The van der Waals surface area contributed by atoms with Crippen molar-refractivity contribution in [2.45, 2.75) is 38.5 Å². The Hall–Kier alpha value is -2.81. The topological polar surface area (TPSA) is 74.7 Å². The van der Waals surface area contributed by atoms with Crippen LogP contribution >= 0.6 is 0 Å². The van der Waals surface area contributed by atoms with Gasteiger partial charge in [0.25, 0.3) is 5.91 Å². The van der Waals surface area contributed by atoms with Crippen LogP contribution in [0.3, 0.4) is 0 Å². The first-order valence-corrected chi connectivity index (χ1v) is 9.23. The van der Waals surface area contributed by atoms with Crippen molar-refractivity contribution in [2.24, 2.45) is 0 Å². The van der Waals surface area contributed by atoms with E-state index in [1.165, 1.54) is 18.2 Å². The van der Waals surface area contributed by atoms with E-state index in [4.69, 9.17) is 9.84 Å². The molecule has 1 aliphatic heterocycles. The molecule has 0 aliphatic carbocycles. The second kappa shape index (κ2) is 8.28. The van der Waals surface area contributed by atoms with Crippen LogP contribution in [0.2, 0.25) is 0 Å². The highest BCUT2D eigenvalue weighted by Crippen LogP contribution is 2.37. The third kappa shape index (κ3) is 4.79. The molecule has 1 fully saturated rings. The fourth-order valence-corrected chi connectivity index (χ4v) is 2.86. The largest absolute Gasteiger partial charge is 0.453 e. The molecule has 1 saturated heterocycles. The summed E-state index contributed by atoms with van der Waals surface area (Å²) in [5.74, 6) is 0.610. The van der Waals surface area contributed by atoms with Crippen molar-refractivity contribution in [1.29, 1.82) is 0 Å². The van der Waals surface area contributed by atoms with Crippen LogP contribution in [0.15, 0.2) is 36.4 Å². The SMILES string of the molecule is C[C@H](CO)NC(=O)c1ccc(Oc2ccc(C(F)(F)F)cc2)c(N2CC[C@H]2C)n1. The summed E-state index contributed by atoms with van der Waals surface area (Å²) in [6.07, 6.45) is -3.46. The lowest BCUT2D eigenvalue weighted by molar-refractivity contribution is -0.137. The zero-order chi connectivity index (χ0) is 21.2. The molecule has 3 rings (SSSR count). The number of aliphatic hydroxyl groups excluding tert-OH is 1. The number of pyridine rings is 1. The van der Waals surface area contributed by atoms with Gasteiger partial charge in [-0.2, -0.15) is 13.2 Å². The number of aromatic nitrogens is 1. The van der Waals surface area contributed by atoms with Crippen molar-refractivity contribution >= 4 is 11.7 Å². The average molecular weight is 409 g/mol. The third-order valence-electron chi connectivity index (χ3n) is 4.72. The number of amides is 1. The van der Waals surface area contributed by atoms with Gasteiger partial charge in [0, 0.05) is 18.6 Å². The number of halogens is 3. The number of carbonyl (C=O) groups excluding carboxylic acids is 1. The molecule has 1 aromatic carbocycles. The van der Waals surface area contributed by atoms with E-state index >= 15 is 0 Å². The second-order valence-corrected chi connectivity index (χ2v) is 7.03. The van der Waals surface area contributed by atoms with E-state index in [1.807, 2.05) is 11.8 Å². The van der Waals surface area contributed by atoms with Crippen molar-refractivity contribution in [3.8, 4) is 11.5 Å². The molecule has 2 aromatic rings. The van der Waals surface area contributed by atoms with Crippen molar-refractivity contribution in [3.63, 3.8) is 0 Å². The van der Waals surface area contributed by atoms with Gasteiger partial charge in [0.05, 0.1) is 12.2 Å². The Kier molecular flexibility index (Phi) is 5.97. The fraction of sp³-hybridized carbons (Fsp3) is 0.400. The van der Waals surface area contributed by atoms with Crippen LogP contribution in [0.5, 0.6) is 11.5 Å². The molecule has 0 saturated carbocycles. The molecule has 2 N–H and O–H groups in total. The highest BCUT2D eigenvalue weighted by Gasteiger charge is 2.31. The van der Waals surface area contributed by atoms with E-state index in [-0.39, 0.29) is 24.1 Å². The molecule has 1 aliphatic rings. The highest BCUT2D eigenvalue weighted by atomic mass is 19.4. The Morgan fingerprint density at radius 3 is 2.52 bits per heavy atom. The first-order valence-electron chi connectivity index (χ1n) is 9.23. The molecular weight excluding hydrogens is 387 g/mol. The molecule has 9 heteroatoms. The van der Waals surface area contributed by atoms with E-state index in [0.717, 1.165) is 25.1 Å². The van der Waals surface area contributed by atoms with Gasteiger partial charge < -0.3 is 20.1 Å². The average Bonchev–Trinajstić information content (AvgIpc) is 2.67. The summed E-state index contributed by atoms with van der Waals surface area (Å²) in [4.78, 5) is 18.7. The first kappa shape index (κ1) is 20.9. The molecule has 29 heavy (non-hydrogen) atoms. The Bertz CT molecular complexity index is 872. The summed E-state index contributed by atoms with van der Waals surface area (Å²) >= 11 is 0. The van der Waals surface area contributed by atoms with Gasteiger partial charge in [-0.25, -0.2) is 4.98 Å². The number of anilines is 1. The predicted octanol–water partition coefficient (Wildman–Crippen LogP) is 3.60. The van der Waals surface area contributed by atoms with E-state index < -0.39 is 23.7 Å². The monoisotopic (exact) mass is 409 g/mol. The van der Waals surface area contributed by atoms with Gasteiger partial charge in [0.2, 0.25) is 0 Å². The Morgan fingerprint density at radius 2 is 2.00 bits per heavy atom. The van der Waals surface area contributed by atoms with Gasteiger partial charge in [-0.3, -0.25) is 4.79 Å². The van der Waals surface area contributed by atoms with Gasteiger partial charge in [0.15, 0.2) is 11.6 Å². The molecule has 6 nitrogen and oxygen atoms in total. The number of benzene rings is 1. The van der Waals surface area contributed by atoms with E-state index in [1.54, 1.807) is 13.0 Å². The van der Waals surface area contributed by atoms with Crippen molar-refractivity contribution < 1.29 is 27.8 Å². The lowest BCUT2D eigenvalue weighted by Crippen LogP contribution is -2.46. The molecule has 2 atom stereocenters. The number of rotatable bonds is 6. The lowest BCUT2D eigenvalue weighted by atomic mass is 10.1. The van der Waals surface area contributed by atoms with Crippen LogP contribution in [0.1, 0.15) is 36.3 Å². The zero-order valence-corrected chi connectivity index (χ0v) is 16.0. The minimum absolute atomic E-state index is 0.166. The van der Waals surface area contributed by atoms with E-state index in [2.05, 4.69) is 10.3 Å². The number of hydrogen-bond acceptors (Lipinski definition) is 5. The number of ether oxygens (including phenoxy) is 1. The first-order chi connectivity index (χ1) is 13.7. The normalized spacial score (nSPS) is 17.4. The van der Waals surface area contributed by atoms with Crippen LogP contribution in [-0.2, 0) is 6.18 Å². The number of hydrogen-bond donors (Lipinski definition) is 2. The maximum absolute atomic E-state index is 12.7. The van der Waals surface area contributed by atoms with Gasteiger partial charge in [0.1, 0.15) is 11.4 Å². The van der Waals surface area contributed by atoms with Gasteiger partial charge >= 0.3 is 6.18 Å². The van der Waals surface area contributed by atoms with Gasteiger partial charge in [-0.1, -0.05) is 0 Å². The number of alkyl halides is 3. The number of nitrogens with one attached hydrogen (secondary N) is 1. The zero-order valence-electron chi connectivity index (χ0n) is 16.0. The molecule has 2 heterocycles. The minimum Gasteiger partial charge on any atom is -0.453 e. The quantitative estimate of drug-likeness (QED) is 0.763. The van der Waals surface area contributed by atoms with E-state index in [0.29, 0.717) is 11.6 Å². The van der Waals surface area contributed by atoms with Crippen LogP contribution in [-0.4, -0.2) is 41.2 Å². The summed E-state index contributed by atoms with van der Waals surface area (Å²) in [5.41, 5.74) is -0.594. The van der Waals surface area contributed by atoms with Crippen molar-refractivity contribution in [3.05, 3.63) is 47.7 Å². The van der Waals surface area contributed by atoms with Crippen molar-refractivity contribution in [2.75, 3.05) is 18.1 Å². The molecule has 156 valence electrons. The highest BCUT2D eigenvalue weighted by molar-refractivity contribution is 5.93. The summed E-state index contributed by atoms with van der Waals surface area (Å²) in [6.45, 7) is 4.21. The molecular formula is C20H22F3N3O3. The van der Waals surface area contributed by atoms with Crippen LogP contribution < -0.4 is 15.0 Å². The lowest BCUT2D eigenvalue weighted by Gasteiger charge is -2.40. The van der Waals surface area contributed by atoms with Crippen LogP contribution in [0.4, 0.5) is 19.0 Å². The van der Waals surface area contributed by atoms with E-state index in [9.17, 15) is 18.0 Å². The number of carbonyl (C=O) groups is 1. The second-order valence-electron chi connectivity index (χ2n) is 7.03. The smallest absolute Gasteiger partial charge is 0.416 e. The Morgan fingerprint density at radius 1 is 1.31 bits per heavy atom. The molecule has 0 spiro atoms. The Labute approximate surface area is 166 Å². The van der Waals surface area contributed by atoms with Crippen molar-refractivity contribution in [1.82, 2.24) is 10.3 Å². The summed E-state index contributed by atoms with van der Waals surface area (Å²) in [5, 5.41) is 11.7. The summed E-state index contributed by atoms with van der Waals surface area (Å²) in [6, 6.07) is 7.23. The number of aliphatic hydroxyl groups is 1. The summed E-state index contributed by atoms with van der Waals surface area (Å²) < 4.78 is 44.0. The molecule has 1 amide bonds. The maximum Gasteiger partial charge on any atom is 0.416 e. The third-order valence-corrected chi connectivity index (χ3v) is 4.72. The Balaban J connectivity index is 1.86. The molecule has 0 radical (unpaired) electrons. The standard InChI is InChI=1S/C20H22F3N3O3/c1-12(11-27)24-19(28)16-7-8-17(18(25-16)26-10-9-13(26)2)29-15-5-3-14(4-6-15)20(21,22)23/h3-8,12-13,27H,9-11H2,1-2H3,(H,24,28)/t12-,13-/m1/s1. The van der Waals surface area contributed by atoms with Gasteiger partial charge in [-0.05, 0) is 56.7 Å². The minimum atomic E-state index is -4.42. The van der Waals surface area contributed by atoms with Gasteiger partial charge in [-0.15, -0.1) is 0 Å². The molecule has 0 unspecified atom stereocenters. The fourth-order valence-electron chi connectivity index (χ4n) is 2.86. The maximum atomic E-state index is 12.7. The molecule has 1 aromatic heterocycles. The van der Waals surface area contributed by atoms with Crippen LogP contribution in [0, 0.1) is 0 Å². The molecule has 0 bridgehead atoms. The number of nitrogens with zero attached hydrogens (tertiary/aromatic N) is 2.